The number of benzene rings is 2. The highest BCUT2D eigenvalue weighted by Gasteiger charge is 2.49. The molecule has 0 aliphatic carbocycles. The maximum absolute atomic E-state index is 11.8. The first kappa shape index (κ1) is 27.8. The molecule has 0 aliphatic heterocycles. The van der Waals surface area contributed by atoms with Crippen molar-refractivity contribution >= 4 is 24.7 Å². The summed E-state index contributed by atoms with van der Waals surface area (Å²) in [4.78, 5) is 11.8. The van der Waals surface area contributed by atoms with Crippen molar-refractivity contribution in [3.63, 3.8) is 0 Å². The summed E-state index contributed by atoms with van der Waals surface area (Å²) in [7, 11) is -2.50. The van der Waals surface area contributed by atoms with Gasteiger partial charge >= 0.3 is 5.97 Å². The molecule has 3 nitrogen and oxygen atoms in total. The summed E-state index contributed by atoms with van der Waals surface area (Å²) in [6.45, 7) is 15.6. The zero-order valence-corrected chi connectivity index (χ0v) is 23.1. The molecule has 0 saturated heterocycles. The fourth-order valence-corrected chi connectivity index (χ4v) is 8.50. The molecular formula is C30H42O3Si. The molecule has 0 saturated carbocycles. The molecule has 4 heteroatoms. The van der Waals surface area contributed by atoms with Crippen molar-refractivity contribution in [2.75, 3.05) is 13.2 Å². The van der Waals surface area contributed by atoms with Crippen molar-refractivity contribution in [2.45, 2.75) is 66.3 Å². The summed E-state index contributed by atoms with van der Waals surface area (Å²) in [5.41, 5.74) is 0.840. The number of ether oxygens (including phenoxy) is 1. The number of rotatable bonds is 10. The highest BCUT2D eigenvalue weighted by molar-refractivity contribution is 6.99. The molecule has 0 heterocycles. The first-order valence-corrected chi connectivity index (χ1v) is 14.1. The first-order chi connectivity index (χ1) is 16.0. The van der Waals surface area contributed by atoms with E-state index >= 15 is 0 Å². The van der Waals surface area contributed by atoms with Crippen molar-refractivity contribution in [2.24, 2.45) is 5.41 Å². The van der Waals surface area contributed by atoms with E-state index in [1.54, 1.807) is 0 Å². The van der Waals surface area contributed by atoms with Gasteiger partial charge in [-0.1, -0.05) is 105 Å². The summed E-state index contributed by atoms with van der Waals surface area (Å²) in [5.74, 6) is -0.172. The van der Waals surface area contributed by atoms with Gasteiger partial charge in [0.1, 0.15) is 6.61 Å². The monoisotopic (exact) mass is 478 g/mol. The summed E-state index contributed by atoms with van der Waals surface area (Å²) in [6, 6.07) is 21.5. The van der Waals surface area contributed by atoms with Crippen molar-refractivity contribution < 1.29 is 14.0 Å². The van der Waals surface area contributed by atoms with Crippen LogP contribution in [0.15, 0.2) is 84.5 Å². The van der Waals surface area contributed by atoms with Gasteiger partial charge in [-0.3, -0.25) is 4.79 Å². The lowest BCUT2D eigenvalue weighted by Gasteiger charge is -2.42. The van der Waals surface area contributed by atoms with E-state index < -0.39 is 13.7 Å². The van der Waals surface area contributed by atoms with Crippen LogP contribution in [0.25, 0.3) is 0 Å². The smallest absolute Gasteiger partial charge is 0.311 e. The maximum Gasteiger partial charge on any atom is 0.311 e. The minimum absolute atomic E-state index is 0.0231. The Morgan fingerprint density at radius 2 is 1.35 bits per heavy atom. The van der Waals surface area contributed by atoms with Crippen LogP contribution in [0.3, 0.4) is 0 Å². The third kappa shape index (κ3) is 7.54. The molecule has 0 aromatic heterocycles. The standard InChI is InChI=1S/C30H42O3Si/c1-25(17-11-10-16-23-32-28(31)29(2,3)4)22-24-33-34(30(5,6)7,26-18-12-8-13-19-26)27-20-14-9-15-21-27/h8-10,12-16,18-22H,11,17,23-24H2,1-7H3/b16-10-,25-22-. The lowest BCUT2D eigenvalue weighted by atomic mass is 9.97. The van der Waals surface area contributed by atoms with E-state index in [0.717, 1.165) is 12.8 Å². The van der Waals surface area contributed by atoms with Crippen molar-refractivity contribution in [1.29, 1.82) is 0 Å². The van der Waals surface area contributed by atoms with E-state index in [1.165, 1.54) is 15.9 Å². The van der Waals surface area contributed by atoms with Crippen LogP contribution in [0, 0.1) is 5.41 Å². The summed E-state index contributed by atoms with van der Waals surface area (Å²) in [5, 5.41) is 2.57. The molecule has 0 atom stereocenters. The van der Waals surface area contributed by atoms with Gasteiger partial charge < -0.3 is 9.16 Å². The quantitative estimate of drug-likeness (QED) is 0.224. The lowest BCUT2D eigenvalue weighted by Crippen LogP contribution is -2.66. The van der Waals surface area contributed by atoms with Crippen LogP contribution in [0.4, 0.5) is 0 Å². The number of carbonyl (C=O) groups is 1. The van der Waals surface area contributed by atoms with E-state index in [2.05, 4.69) is 101 Å². The van der Waals surface area contributed by atoms with Crippen molar-refractivity contribution in [3.8, 4) is 0 Å². The van der Waals surface area contributed by atoms with Gasteiger partial charge in [0.15, 0.2) is 0 Å². The van der Waals surface area contributed by atoms with Gasteiger partial charge in [0.25, 0.3) is 8.32 Å². The van der Waals surface area contributed by atoms with Crippen molar-refractivity contribution in [3.05, 3.63) is 84.5 Å². The Bertz CT molecular complexity index is 909. The van der Waals surface area contributed by atoms with Gasteiger partial charge in [0, 0.05) is 0 Å². The van der Waals surface area contributed by atoms with Gasteiger partial charge in [0.05, 0.1) is 12.0 Å². The van der Waals surface area contributed by atoms with Gasteiger partial charge in [-0.25, -0.2) is 0 Å². The van der Waals surface area contributed by atoms with Crippen LogP contribution >= 0.6 is 0 Å². The summed E-state index contributed by atoms with van der Waals surface area (Å²) in [6.07, 6.45) is 8.08. The number of hydrogen-bond acceptors (Lipinski definition) is 3. The SMILES string of the molecule is C/C(=C/CO[Si](c1ccccc1)(c1ccccc1)C(C)(C)C)CC/C=C\COC(=O)C(C)(C)C. The average molecular weight is 479 g/mol. The van der Waals surface area contributed by atoms with Gasteiger partial charge in [0.2, 0.25) is 0 Å². The Morgan fingerprint density at radius 3 is 1.82 bits per heavy atom. The minimum Gasteiger partial charge on any atom is -0.461 e. The second kappa shape index (κ2) is 12.3. The molecule has 0 amide bonds. The Hall–Kier alpha value is -2.43. The molecule has 2 aromatic rings. The van der Waals surface area contributed by atoms with Crippen LogP contribution in [-0.4, -0.2) is 27.5 Å². The molecule has 2 aromatic carbocycles. The van der Waals surface area contributed by atoms with Crippen LogP contribution in [-0.2, 0) is 14.0 Å². The predicted molar refractivity (Wildman–Crippen MR) is 146 cm³/mol. The molecule has 0 N–H and O–H groups in total. The number of carbonyl (C=O) groups excluding carboxylic acids is 1. The second-order valence-electron chi connectivity index (χ2n) is 10.9. The molecule has 0 radical (unpaired) electrons. The molecule has 0 unspecified atom stereocenters. The highest BCUT2D eigenvalue weighted by atomic mass is 28.4. The normalized spacial score (nSPS) is 13.3. The van der Waals surface area contributed by atoms with E-state index in [-0.39, 0.29) is 11.0 Å². The fraction of sp³-hybridized carbons (Fsp3) is 0.433. The highest BCUT2D eigenvalue weighted by Crippen LogP contribution is 2.36. The lowest BCUT2D eigenvalue weighted by molar-refractivity contribution is -0.151. The van der Waals surface area contributed by atoms with Gasteiger partial charge in [-0.15, -0.1) is 0 Å². The zero-order chi connectivity index (χ0) is 25.2. The maximum atomic E-state index is 11.8. The second-order valence-corrected chi connectivity index (χ2v) is 15.2. The van der Waals surface area contributed by atoms with E-state index in [9.17, 15) is 4.79 Å². The minimum atomic E-state index is -2.50. The Kier molecular flexibility index (Phi) is 10.1. The van der Waals surface area contributed by atoms with E-state index in [4.69, 9.17) is 9.16 Å². The van der Waals surface area contributed by atoms with Crippen LogP contribution in [0.2, 0.25) is 5.04 Å². The average Bonchev–Trinajstić information content (AvgIpc) is 2.78. The topological polar surface area (TPSA) is 35.5 Å². The first-order valence-electron chi connectivity index (χ1n) is 12.2. The number of allylic oxidation sites excluding steroid dienone is 2. The number of esters is 1. The van der Waals surface area contributed by atoms with Crippen molar-refractivity contribution in [1.82, 2.24) is 0 Å². The molecule has 0 fully saturated rings. The van der Waals surface area contributed by atoms with Crippen LogP contribution in [0.1, 0.15) is 61.3 Å². The third-order valence-electron chi connectivity index (χ3n) is 5.94. The largest absolute Gasteiger partial charge is 0.461 e. The van der Waals surface area contributed by atoms with Crippen LogP contribution in [0.5, 0.6) is 0 Å². The van der Waals surface area contributed by atoms with E-state index in [1.807, 2.05) is 26.8 Å². The molecule has 0 bridgehead atoms. The van der Waals surface area contributed by atoms with Crippen LogP contribution < -0.4 is 10.4 Å². The Morgan fingerprint density at radius 1 is 0.824 bits per heavy atom. The fourth-order valence-electron chi connectivity index (χ4n) is 4.01. The molecular weight excluding hydrogens is 436 g/mol. The third-order valence-corrected chi connectivity index (χ3v) is 10.9. The molecule has 184 valence electrons. The predicted octanol–water partition coefficient (Wildman–Crippen LogP) is 6.44. The van der Waals surface area contributed by atoms with Gasteiger partial charge in [-0.2, -0.15) is 0 Å². The van der Waals surface area contributed by atoms with Gasteiger partial charge in [-0.05, 0) is 55.9 Å². The molecule has 2 rings (SSSR count). The molecule has 34 heavy (non-hydrogen) atoms. The molecule has 0 spiro atoms. The Labute approximate surface area is 208 Å². The Balaban J connectivity index is 2.05. The van der Waals surface area contributed by atoms with E-state index in [0.29, 0.717) is 13.2 Å². The zero-order valence-electron chi connectivity index (χ0n) is 22.1. The summed E-state index contributed by atoms with van der Waals surface area (Å²) < 4.78 is 12.2. The number of hydrogen-bond donors (Lipinski definition) is 0. The summed E-state index contributed by atoms with van der Waals surface area (Å²) >= 11 is 0. The molecule has 0 aliphatic rings.